The van der Waals surface area contributed by atoms with E-state index in [-0.39, 0.29) is 0 Å². The number of carboxylic acids is 1. The molecule has 0 fully saturated rings. The molecule has 1 aromatic rings. The van der Waals surface area contributed by atoms with Crippen molar-refractivity contribution in [2.75, 3.05) is 0 Å². The molecule has 0 spiro atoms. The van der Waals surface area contributed by atoms with E-state index in [4.69, 9.17) is 21.4 Å². The Morgan fingerprint density at radius 2 is 2.00 bits per heavy atom. The summed E-state index contributed by atoms with van der Waals surface area (Å²) in [6.45, 7) is 4.76. The van der Waals surface area contributed by atoms with E-state index in [1.165, 1.54) is 6.92 Å². The summed E-state index contributed by atoms with van der Waals surface area (Å²) in [5, 5.41) is 11.6. The van der Waals surface area contributed by atoms with Crippen LogP contribution in [0.4, 0.5) is 0 Å². The molecule has 0 aliphatic heterocycles. The van der Waals surface area contributed by atoms with Crippen LogP contribution in [0.25, 0.3) is 0 Å². The lowest BCUT2D eigenvalue weighted by molar-refractivity contribution is -0.142. The topological polar surface area (TPSA) is 75.6 Å². The maximum Gasteiger partial charge on any atom is 0.325 e. The minimum Gasteiger partial charge on any atom is -0.481 e. The van der Waals surface area contributed by atoms with Crippen LogP contribution in [-0.4, -0.2) is 29.1 Å². The van der Waals surface area contributed by atoms with Crippen LogP contribution >= 0.6 is 11.6 Å². The second kappa shape index (κ2) is 6.43. The molecule has 2 atom stereocenters. The lowest BCUT2D eigenvalue weighted by atomic mass is 10.2. The van der Waals surface area contributed by atoms with Crippen molar-refractivity contribution in [3.05, 3.63) is 28.8 Å². The van der Waals surface area contributed by atoms with Crippen molar-refractivity contribution >= 4 is 23.5 Å². The number of carbonyl (C=O) groups excluding carboxylic acids is 1. The first-order valence-electron chi connectivity index (χ1n) is 5.77. The average molecular weight is 286 g/mol. The summed E-state index contributed by atoms with van der Waals surface area (Å²) >= 11 is 5.88. The molecule has 1 rings (SSSR count). The Hall–Kier alpha value is -1.75. The van der Waals surface area contributed by atoms with Gasteiger partial charge in [0.1, 0.15) is 11.8 Å². The number of carbonyl (C=O) groups is 2. The summed E-state index contributed by atoms with van der Waals surface area (Å²) in [6.07, 6.45) is -0.789. The van der Waals surface area contributed by atoms with Crippen LogP contribution in [0.1, 0.15) is 19.4 Å². The smallest absolute Gasteiger partial charge is 0.325 e. The van der Waals surface area contributed by atoms with Gasteiger partial charge in [-0.15, -0.1) is 0 Å². The Morgan fingerprint density at radius 3 is 2.53 bits per heavy atom. The molecule has 6 heteroatoms. The first-order chi connectivity index (χ1) is 8.81. The van der Waals surface area contributed by atoms with Gasteiger partial charge in [-0.2, -0.15) is 0 Å². The normalized spacial score (nSPS) is 13.5. The van der Waals surface area contributed by atoms with E-state index >= 15 is 0 Å². The van der Waals surface area contributed by atoms with Gasteiger partial charge in [-0.25, -0.2) is 0 Å². The Balaban J connectivity index is 2.63. The van der Waals surface area contributed by atoms with Crippen molar-refractivity contribution in [2.45, 2.75) is 32.9 Å². The number of hydrogen-bond acceptors (Lipinski definition) is 3. The summed E-state index contributed by atoms with van der Waals surface area (Å²) in [7, 11) is 0. The summed E-state index contributed by atoms with van der Waals surface area (Å²) in [5.41, 5.74) is 0.839. The fourth-order valence-electron chi connectivity index (χ4n) is 1.34. The Labute approximate surface area is 116 Å². The molecule has 0 bridgehead atoms. The third kappa shape index (κ3) is 4.44. The number of aliphatic carboxylic acids is 1. The van der Waals surface area contributed by atoms with Crippen molar-refractivity contribution in [3.63, 3.8) is 0 Å². The molecule has 1 amide bonds. The predicted octanol–water partition coefficient (Wildman–Crippen LogP) is 2.01. The van der Waals surface area contributed by atoms with Gasteiger partial charge >= 0.3 is 5.97 Å². The number of ether oxygens (including phenoxy) is 1. The van der Waals surface area contributed by atoms with Gasteiger partial charge in [0.2, 0.25) is 0 Å². The van der Waals surface area contributed by atoms with Crippen molar-refractivity contribution in [1.29, 1.82) is 0 Å². The minimum atomic E-state index is -1.09. The largest absolute Gasteiger partial charge is 0.481 e. The van der Waals surface area contributed by atoms with Crippen LogP contribution in [0.15, 0.2) is 18.2 Å². The third-order valence-electron chi connectivity index (χ3n) is 2.54. The van der Waals surface area contributed by atoms with E-state index in [1.807, 2.05) is 6.92 Å². The van der Waals surface area contributed by atoms with Crippen molar-refractivity contribution < 1.29 is 19.4 Å². The SMILES string of the molecule is Cc1cc(OC(C)C(=O)N[C@@H](C)C(=O)O)ccc1Cl. The van der Waals surface area contributed by atoms with E-state index in [9.17, 15) is 9.59 Å². The molecule has 0 aliphatic rings. The van der Waals surface area contributed by atoms with Gasteiger partial charge in [-0.3, -0.25) is 9.59 Å². The third-order valence-corrected chi connectivity index (χ3v) is 2.96. The molecule has 0 saturated carbocycles. The van der Waals surface area contributed by atoms with Crippen LogP contribution in [0, 0.1) is 6.92 Å². The van der Waals surface area contributed by atoms with E-state index in [0.717, 1.165) is 5.56 Å². The number of nitrogens with one attached hydrogen (secondary N) is 1. The maximum atomic E-state index is 11.7. The van der Waals surface area contributed by atoms with E-state index in [1.54, 1.807) is 25.1 Å². The summed E-state index contributed by atoms with van der Waals surface area (Å²) in [4.78, 5) is 22.3. The quantitative estimate of drug-likeness (QED) is 0.868. The summed E-state index contributed by atoms with van der Waals surface area (Å²) in [5.74, 6) is -1.07. The van der Waals surface area contributed by atoms with E-state index < -0.39 is 24.0 Å². The molecule has 0 heterocycles. The van der Waals surface area contributed by atoms with Gasteiger partial charge in [0, 0.05) is 5.02 Å². The summed E-state index contributed by atoms with van der Waals surface area (Å²) in [6, 6.07) is 4.09. The maximum absolute atomic E-state index is 11.7. The Bertz CT molecular complexity index is 490. The predicted molar refractivity (Wildman–Crippen MR) is 71.5 cm³/mol. The van der Waals surface area contributed by atoms with Gasteiger partial charge < -0.3 is 15.2 Å². The van der Waals surface area contributed by atoms with Crippen LogP contribution in [0.2, 0.25) is 5.02 Å². The zero-order valence-electron chi connectivity index (χ0n) is 10.9. The van der Waals surface area contributed by atoms with Crippen molar-refractivity contribution in [2.24, 2.45) is 0 Å². The van der Waals surface area contributed by atoms with E-state index in [2.05, 4.69) is 5.32 Å². The van der Waals surface area contributed by atoms with Gasteiger partial charge in [-0.1, -0.05) is 11.6 Å². The molecule has 19 heavy (non-hydrogen) atoms. The number of hydrogen-bond donors (Lipinski definition) is 2. The molecule has 0 saturated heterocycles. The second-order valence-corrected chi connectivity index (χ2v) is 4.65. The van der Waals surface area contributed by atoms with Crippen LogP contribution < -0.4 is 10.1 Å². The van der Waals surface area contributed by atoms with Crippen LogP contribution in [0.5, 0.6) is 5.75 Å². The Morgan fingerprint density at radius 1 is 1.37 bits per heavy atom. The number of benzene rings is 1. The molecule has 0 aromatic heterocycles. The van der Waals surface area contributed by atoms with E-state index in [0.29, 0.717) is 10.8 Å². The van der Waals surface area contributed by atoms with Crippen molar-refractivity contribution in [1.82, 2.24) is 5.32 Å². The van der Waals surface area contributed by atoms with Gasteiger partial charge in [0.05, 0.1) is 0 Å². The number of halogens is 1. The molecule has 0 radical (unpaired) electrons. The highest BCUT2D eigenvalue weighted by Crippen LogP contribution is 2.21. The zero-order chi connectivity index (χ0) is 14.6. The van der Waals surface area contributed by atoms with Gasteiger partial charge in [0.25, 0.3) is 5.91 Å². The molecular formula is C13H16ClNO4. The molecule has 2 N–H and O–H groups in total. The summed E-state index contributed by atoms with van der Waals surface area (Å²) < 4.78 is 5.43. The van der Waals surface area contributed by atoms with Gasteiger partial charge in [-0.05, 0) is 44.5 Å². The number of carboxylic acid groups (broad SMARTS) is 1. The minimum absolute atomic E-state index is 0.484. The van der Waals surface area contributed by atoms with Gasteiger partial charge in [0.15, 0.2) is 6.10 Å². The first-order valence-corrected chi connectivity index (χ1v) is 6.15. The molecule has 1 unspecified atom stereocenters. The average Bonchev–Trinajstić information content (AvgIpc) is 2.33. The molecule has 0 aliphatic carbocycles. The molecule has 104 valence electrons. The fraction of sp³-hybridized carbons (Fsp3) is 0.385. The lowest BCUT2D eigenvalue weighted by Crippen LogP contribution is -2.44. The molecule has 5 nitrogen and oxygen atoms in total. The number of rotatable bonds is 5. The van der Waals surface area contributed by atoms with Crippen molar-refractivity contribution in [3.8, 4) is 5.75 Å². The highest BCUT2D eigenvalue weighted by molar-refractivity contribution is 6.31. The Kier molecular flexibility index (Phi) is 5.18. The number of aryl methyl sites for hydroxylation is 1. The fourth-order valence-corrected chi connectivity index (χ4v) is 1.46. The number of amides is 1. The monoisotopic (exact) mass is 285 g/mol. The standard InChI is InChI=1S/C13H16ClNO4/c1-7-6-10(4-5-11(7)14)19-9(3)12(16)15-8(2)13(17)18/h4-6,8-9H,1-3H3,(H,15,16)(H,17,18)/t8-,9?/m0/s1. The molecule has 1 aromatic carbocycles. The lowest BCUT2D eigenvalue weighted by Gasteiger charge is -2.17. The van der Waals surface area contributed by atoms with Crippen LogP contribution in [-0.2, 0) is 9.59 Å². The first kappa shape index (κ1) is 15.3. The molecular weight excluding hydrogens is 270 g/mol. The second-order valence-electron chi connectivity index (χ2n) is 4.24. The van der Waals surface area contributed by atoms with Crippen LogP contribution in [0.3, 0.4) is 0 Å². The highest BCUT2D eigenvalue weighted by atomic mass is 35.5. The highest BCUT2D eigenvalue weighted by Gasteiger charge is 2.20. The zero-order valence-corrected chi connectivity index (χ0v) is 11.7.